The third-order valence-electron chi connectivity index (χ3n) is 1.99. The quantitative estimate of drug-likeness (QED) is 0.579. The number of carbonyl (C=O) groups is 1. The van der Waals surface area contributed by atoms with E-state index in [-0.39, 0.29) is 0 Å². The fourth-order valence-electron chi connectivity index (χ4n) is 1.19. The van der Waals surface area contributed by atoms with Gasteiger partial charge < -0.3 is 4.74 Å². The number of hydrogen-bond donors (Lipinski definition) is 0. The van der Waals surface area contributed by atoms with E-state index >= 15 is 0 Å². The first-order valence-electron chi connectivity index (χ1n) is 4.69. The van der Waals surface area contributed by atoms with Crippen molar-refractivity contribution in [1.29, 1.82) is 0 Å². The van der Waals surface area contributed by atoms with Gasteiger partial charge in [-0.25, -0.2) is 0 Å². The van der Waals surface area contributed by atoms with Gasteiger partial charge in [0.25, 0.3) is 5.24 Å². The van der Waals surface area contributed by atoms with Gasteiger partial charge in [-0.2, -0.15) is 0 Å². The molecule has 0 amide bonds. The molecule has 0 radical (unpaired) electrons. The molecule has 0 saturated carbocycles. The van der Waals surface area contributed by atoms with E-state index in [4.69, 9.17) is 16.3 Å². The van der Waals surface area contributed by atoms with Crippen molar-refractivity contribution in [1.82, 2.24) is 0 Å². The van der Waals surface area contributed by atoms with Crippen molar-refractivity contribution < 1.29 is 9.53 Å². The maximum absolute atomic E-state index is 11.0. The van der Waals surface area contributed by atoms with E-state index in [1.807, 2.05) is 26.0 Å². The Morgan fingerprint density at radius 1 is 1.53 bits per heavy atom. The SMILES string of the molecule is CC=CCOc1ccc(C(=O)Cl)c(C)c1. The Kier molecular flexibility index (Phi) is 4.37. The van der Waals surface area contributed by atoms with Crippen LogP contribution in [0.2, 0.25) is 0 Å². The molecule has 0 N–H and O–H groups in total. The van der Waals surface area contributed by atoms with E-state index in [1.54, 1.807) is 18.2 Å². The highest BCUT2D eigenvalue weighted by atomic mass is 35.5. The van der Waals surface area contributed by atoms with Crippen LogP contribution in [0, 0.1) is 6.92 Å². The molecule has 0 unspecified atom stereocenters. The number of ether oxygens (including phenoxy) is 1. The Hall–Kier alpha value is -1.28. The lowest BCUT2D eigenvalue weighted by Crippen LogP contribution is -1.97. The summed E-state index contributed by atoms with van der Waals surface area (Å²) >= 11 is 5.40. The Balaban J connectivity index is 2.77. The fraction of sp³-hybridized carbons (Fsp3) is 0.250. The monoisotopic (exact) mass is 224 g/mol. The van der Waals surface area contributed by atoms with Gasteiger partial charge in [0.1, 0.15) is 12.4 Å². The molecule has 0 aliphatic rings. The minimum atomic E-state index is -0.437. The Morgan fingerprint density at radius 3 is 2.80 bits per heavy atom. The molecule has 0 fully saturated rings. The number of carbonyl (C=O) groups excluding carboxylic acids is 1. The lowest BCUT2D eigenvalue weighted by Gasteiger charge is -2.06. The van der Waals surface area contributed by atoms with Crippen molar-refractivity contribution in [3.05, 3.63) is 41.5 Å². The zero-order valence-corrected chi connectivity index (χ0v) is 9.54. The summed E-state index contributed by atoms with van der Waals surface area (Å²) in [4.78, 5) is 11.0. The average Bonchev–Trinajstić information content (AvgIpc) is 2.17. The molecule has 1 aromatic carbocycles. The van der Waals surface area contributed by atoms with E-state index < -0.39 is 5.24 Å². The summed E-state index contributed by atoms with van der Waals surface area (Å²) in [7, 11) is 0. The third-order valence-corrected chi connectivity index (χ3v) is 2.20. The highest BCUT2D eigenvalue weighted by Gasteiger charge is 2.06. The molecule has 0 aliphatic heterocycles. The van der Waals surface area contributed by atoms with E-state index in [0.717, 1.165) is 11.3 Å². The maximum Gasteiger partial charge on any atom is 0.252 e. The van der Waals surface area contributed by atoms with Crippen LogP contribution in [-0.4, -0.2) is 11.8 Å². The van der Waals surface area contributed by atoms with E-state index in [2.05, 4.69) is 0 Å². The van der Waals surface area contributed by atoms with Gasteiger partial charge in [-0.05, 0) is 49.2 Å². The third kappa shape index (κ3) is 3.40. The lowest BCUT2D eigenvalue weighted by atomic mass is 10.1. The first-order chi connectivity index (χ1) is 7.15. The molecule has 0 heterocycles. The first kappa shape index (κ1) is 11.8. The summed E-state index contributed by atoms with van der Waals surface area (Å²) < 4.78 is 5.42. The largest absolute Gasteiger partial charge is 0.490 e. The number of allylic oxidation sites excluding steroid dienone is 1. The second-order valence-corrected chi connectivity index (χ2v) is 3.47. The molecule has 0 atom stereocenters. The minimum absolute atomic E-state index is 0.437. The van der Waals surface area contributed by atoms with Crippen LogP contribution in [0.25, 0.3) is 0 Å². The summed E-state index contributed by atoms with van der Waals surface area (Å²) in [5.41, 5.74) is 1.35. The van der Waals surface area contributed by atoms with E-state index in [1.165, 1.54) is 0 Å². The molecule has 80 valence electrons. The molecule has 1 rings (SSSR count). The van der Waals surface area contributed by atoms with Crippen LogP contribution in [0.1, 0.15) is 22.8 Å². The molecular weight excluding hydrogens is 212 g/mol. The summed E-state index contributed by atoms with van der Waals surface area (Å²) in [5.74, 6) is 0.743. The number of hydrogen-bond acceptors (Lipinski definition) is 2. The first-order valence-corrected chi connectivity index (χ1v) is 5.07. The van der Waals surface area contributed by atoms with Crippen LogP contribution in [-0.2, 0) is 0 Å². The summed E-state index contributed by atoms with van der Waals surface area (Å²) in [6.07, 6.45) is 3.83. The van der Waals surface area contributed by atoms with Crippen molar-refractivity contribution >= 4 is 16.8 Å². The Bertz CT molecular complexity index is 383. The Labute approximate surface area is 94.5 Å². The summed E-state index contributed by atoms with van der Waals surface area (Å²) in [6, 6.07) is 5.22. The predicted molar refractivity (Wildman–Crippen MR) is 61.7 cm³/mol. The highest BCUT2D eigenvalue weighted by Crippen LogP contribution is 2.18. The zero-order valence-electron chi connectivity index (χ0n) is 8.79. The van der Waals surface area contributed by atoms with Gasteiger partial charge in [0.2, 0.25) is 0 Å². The van der Waals surface area contributed by atoms with Crippen LogP contribution in [0.3, 0.4) is 0 Å². The molecule has 3 heteroatoms. The van der Waals surface area contributed by atoms with Crippen molar-refractivity contribution in [3.8, 4) is 5.75 Å². The summed E-state index contributed by atoms with van der Waals surface area (Å²) in [6.45, 7) is 4.30. The predicted octanol–water partition coefficient (Wildman–Crippen LogP) is 3.33. The van der Waals surface area contributed by atoms with Gasteiger partial charge in [-0.1, -0.05) is 12.2 Å². The van der Waals surface area contributed by atoms with Gasteiger partial charge in [0.05, 0.1) is 0 Å². The van der Waals surface area contributed by atoms with Crippen LogP contribution < -0.4 is 4.74 Å². The van der Waals surface area contributed by atoms with Gasteiger partial charge in [-0.3, -0.25) is 4.79 Å². The van der Waals surface area contributed by atoms with Gasteiger partial charge >= 0.3 is 0 Å². The van der Waals surface area contributed by atoms with E-state index in [0.29, 0.717) is 12.2 Å². The van der Waals surface area contributed by atoms with Crippen molar-refractivity contribution in [3.63, 3.8) is 0 Å². The molecule has 0 aliphatic carbocycles. The molecule has 2 nitrogen and oxygen atoms in total. The fourth-order valence-corrected chi connectivity index (χ4v) is 1.40. The number of rotatable bonds is 4. The highest BCUT2D eigenvalue weighted by molar-refractivity contribution is 6.67. The Morgan fingerprint density at radius 2 is 2.27 bits per heavy atom. The number of halogens is 1. The van der Waals surface area contributed by atoms with Crippen LogP contribution >= 0.6 is 11.6 Å². The normalized spacial score (nSPS) is 10.6. The topological polar surface area (TPSA) is 26.3 Å². The minimum Gasteiger partial charge on any atom is -0.490 e. The van der Waals surface area contributed by atoms with Crippen LogP contribution in [0.5, 0.6) is 5.75 Å². The molecule has 0 aromatic heterocycles. The number of aryl methyl sites for hydroxylation is 1. The van der Waals surface area contributed by atoms with Gasteiger partial charge in [0, 0.05) is 5.56 Å². The van der Waals surface area contributed by atoms with Crippen molar-refractivity contribution in [2.45, 2.75) is 13.8 Å². The molecule has 15 heavy (non-hydrogen) atoms. The van der Waals surface area contributed by atoms with Crippen molar-refractivity contribution in [2.75, 3.05) is 6.61 Å². The molecule has 0 saturated heterocycles. The van der Waals surface area contributed by atoms with Crippen molar-refractivity contribution in [2.24, 2.45) is 0 Å². The summed E-state index contributed by atoms with van der Waals surface area (Å²) in [5, 5.41) is -0.437. The zero-order chi connectivity index (χ0) is 11.3. The molecule has 0 spiro atoms. The van der Waals surface area contributed by atoms with Gasteiger partial charge in [-0.15, -0.1) is 0 Å². The molecular formula is C12H13ClO2. The lowest BCUT2D eigenvalue weighted by molar-refractivity contribution is 0.108. The van der Waals surface area contributed by atoms with Crippen LogP contribution in [0.15, 0.2) is 30.4 Å². The smallest absolute Gasteiger partial charge is 0.252 e. The maximum atomic E-state index is 11.0. The van der Waals surface area contributed by atoms with E-state index in [9.17, 15) is 4.79 Å². The molecule has 1 aromatic rings. The second kappa shape index (κ2) is 5.56. The number of benzene rings is 1. The average molecular weight is 225 g/mol. The second-order valence-electron chi connectivity index (χ2n) is 3.13. The standard InChI is InChI=1S/C12H13ClO2/c1-3-4-7-15-10-5-6-11(12(13)14)9(2)8-10/h3-6,8H,7H2,1-2H3. The van der Waals surface area contributed by atoms with Crippen LogP contribution in [0.4, 0.5) is 0 Å². The molecule has 0 bridgehead atoms. The van der Waals surface area contributed by atoms with Gasteiger partial charge in [0.15, 0.2) is 0 Å².